The Morgan fingerprint density at radius 2 is 2.24 bits per heavy atom. The highest BCUT2D eigenvalue weighted by atomic mass is 127. The van der Waals surface area contributed by atoms with Gasteiger partial charge < -0.3 is 21.4 Å². The minimum atomic E-state index is -0.397. The smallest absolute Gasteiger partial charge is 0.255 e. The minimum Gasteiger partial charge on any atom is -0.507 e. The van der Waals surface area contributed by atoms with Crippen LogP contribution in [0.3, 0.4) is 0 Å². The number of phenols is 1. The summed E-state index contributed by atoms with van der Waals surface area (Å²) < 4.78 is 0.849. The van der Waals surface area contributed by atoms with Crippen LogP contribution in [0.2, 0.25) is 0 Å². The molecule has 17 heavy (non-hydrogen) atoms. The molecule has 1 aromatic carbocycles. The number of amides is 1. The van der Waals surface area contributed by atoms with Crippen LogP contribution in [0, 0.1) is 3.57 Å². The standard InChI is InChI=1S/C10H12IN3O3/c11-6-1-2-8(15)7(5-6)10(16)13-4-3-9(12)14-17/h1-2,5,15,17H,3-4H2,(H2,12,14)(H,13,16). The lowest BCUT2D eigenvalue weighted by atomic mass is 10.2. The first-order valence-corrected chi connectivity index (χ1v) is 5.85. The van der Waals surface area contributed by atoms with E-state index in [2.05, 4.69) is 10.5 Å². The van der Waals surface area contributed by atoms with Crippen LogP contribution in [0.25, 0.3) is 0 Å². The summed E-state index contributed by atoms with van der Waals surface area (Å²) in [5.41, 5.74) is 5.46. The number of nitrogens with two attached hydrogens (primary N) is 1. The lowest BCUT2D eigenvalue weighted by Gasteiger charge is -2.06. The first-order valence-electron chi connectivity index (χ1n) is 4.77. The summed E-state index contributed by atoms with van der Waals surface area (Å²) in [6.07, 6.45) is 0.243. The fraction of sp³-hybridized carbons (Fsp3) is 0.200. The molecular weight excluding hydrogens is 337 g/mol. The van der Waals surface area contributed by atoms with Gasteiger partial charge in [-0.2, -0.15) is 0 Å². The van der Waals surface area contributed by atoms with Gasteiger partial charge in [-0.3, -0.25) is 4.79 Å². The summed E-state index contributed by atoms with van der Waals surface area (Å²) in [5.74, 6) is -0.435. The quantitative estimate of drug-likeness (QED) is 0.213. The van der Waals surface area contributed by atoms with Crippen LogP contribution in [-0.2, 0) is 0 Å². The number of amidine groups is 1. The molecule has 1 aromatic rings. The average molecular weight is 349 g/mol. The molecular formula is C10H12IN3O3. The average Bonchev–Trinajstić information content (AvgIpc) is 2.31. The lowest BCUT2D eigenvalue weighted by molar-refractivity contribution is 0.0952. The predicted octanol–water partition coefficient (Wildman–Crippen LogP) is 0.863. The maximum Gasteiger partial charge on any atom is 0.255 e. The fourth-order valence-corrected chi connectivity index (χ4v) is 1.63. The zero-order valence-electron chi connectivity index (χ0n) is 8.85. The van der Waals surface area contributed by atoms with Gasteiger partial charge in [0.05, 0.1) is 5.56 Å². The highest BCUT2D eigenvalue weighted by Gasteiger charge is 2.10. The molecule has 0 spiro atoms. The number of nitrogens with one attached hydrogen (secondary N) is 1. The van der Waals surface area contributed by atoms with Gasteiger partial charge in [-0.15, -0.1) is 0 Å². The molecule has 0 aliphatic rings. The molecule has 5 N–H and O–H groups in total. The van der Waals surface area contributed by atoms with Crippen molar-refractivity contribution < 1.29 is 15.1 Å². The monoisotopic (exact) mass is 349 g/mol. The number of nitrogens with zero attached hydrogens (tertiary/aromatic N) is 1. The van der Waals surface area contributed by atoms with E-state index >= 15 is 0 Å². The number of oxime groups is 1. The van der Waals surface area contributed by atoms with Gasteiger partial charge in [0, 0.05) is 16.5 Å². The molecule has 7 heteroatoms. The Morgan fingerprint density at radius 3 is 2.88 bits per heavy atom. The van der Waals surface area contributed by atoms with E-state index in [0.717, 1.165) is 3.57 Å². The Balaban J connectivity index is 2.61. The third-order valence-electron chi connectivity index (χ3n) is 2.00. The molecule has 0 saturated carbocycles. The topological polar surface area (TPSA) is 108 Å². The Hall–Kier alpha value is -1.51. The molecule has 1 amide bonds. The zero-order valence-corrected chi connectivity index (χ0v) is 11.0. The number of benzene rings is 1. The Kier molecular flexibility index (Phi) is 5.01. The minimum absolute atomic E-state index is 0.0390. The highest BCUT2D eigenvalue weighted by molar-refractivity contribution is 14.1. The number of phenolic OH excluding ortho intramolecular Hbond substituents is 1. The van der Waals surface area contributed by atoms with E-state index < -0.39 is 5.91 Å². The summed E-state index contributed by atoms with van der Waals surface area (Å²) in [7, 11) is 0. The summed E-state index contributed by atoms with van der Waals surface area (Å²) >= 11 is 2.05. The number of carbonyl (C=O) groups is 1. The van der Waals surface area contributed by atoms with Crippen molar-refractivity contribution in [3.8, 4) is 5.75 Å². The largest absolute Gasteiger partial charge is 0.507 e. The van der Waals surface area contributed by atoms with Crippen molar-refractivity contribution in [3.05, 3.63) is 27.3 Å². The van der Waals surface area contributed by atoms with Gasteiger partial charge in [0.25, 0.3) is 5.91 Å². The van der Waals surface area contributed by atoms with Crippen LogP contribution in [0.15, 0.2) is 23.4 Å². The molecule has 0 atom stereocenters. The van der Waals surface area contributed by atoms with Gasteiger partial charge >= 0.3 is 0 Å². The summed E-state index contributed by atoms with van der Waals surface area (Å²) in [4.78, 5) is 11.7. The van der Waals surface area contributed by atoms with E-state index in [1.807, 2.05) is 22.6 Å². The molecule has 1 rings (SSSR count). The number of rotatable bonds is 4. The second-order valence-electron chi connectivity index (χ2n) is 3.26. The normalized spacial score (nSPS) is 11.2. The molecule has 0 bridgehead atoms. The summed E-state index contributed by atoms with van der Waals surface area (Å²) in [6, 6.07) is 4.73. The number of hydrogen-bond acceptors (Lipinski definition) is 4. The molecule has 0 heterocycles. The second-order valence-corrected chi connectivity index (χ2v) is 4.50. The van der Waals surface area contributed by atoms with Gasteiger partial charge in [0.2, 0.25) is 0 Å². The maximum atomic E-state index is 11.7. The van der Waals surface area contributed by atoms with Crippen LogP contribution < -0.4 is 11.1 Å². The van der Waals surface area contributed by atoms with Crippen molar-refractivity contribution in [2.75, 3.05) is 6.54 Å². The van der Waals surface area contributed by atoms with Crippen molar-refractivity contribution in [1.29, 1.82) is 0 Å². The van der Waals surface area contributed by atoms with E-state index in [4.69, 9.17) is 10.9 Å². The molecule has 0 aromatic heterocycles. The number of carbonyl (C=O) groups excluding carboxylic acids is 1. The molecule has 6 nitrogen and oxygen atoms in total. The molecule has 0 aliphatic heterocycles. The van der Waals surface area contributed by atoms with Crippen LogP contribution in [0.4, 0.5) is 0 Å². The maximum absolute atomic E-state index is 11.7. The molecule has 0 fully saturated rings. The summed E-state index contributed by atoms with van der Waals surface area (Å²) in [6.45, 7) is 0.236. The van der Waals surface area contributed by atoms with Crippen molar-refractivity contribution in [3.63, 3.8) is 0 Å². The predicted molar refractivity (Wildman–Crippen MR) is 71.2 cm³/mol. The number of halogens is 1. The van der Waals surface area contributed by atoms with Gasteiger partial charge in [-0.1, -0.05) is 5.16 Å². The van der Waals surface area contributed by atoms with Crippen LogP contribution in [0.5, 0.6) is 5.75 Å². The molecule has 0 aliphatic carbocycles. The van der Waals surface area contributed by atoms with Crippen molar-refractivity contribution in [1.82, 2.24) is 5.32 Å². The van der Waals surface area contributed by atoms with E-state index in [0.29, 0.717) is 0 Å². The Labute approximate surface area is 112 Å². The van der Waals surface area contributed by atoms with Gasteiger partial charge in [-0.05, 0) is 40.8 Å². The summed E-state index contributed by atoms with van der Waals surface area (Å²) in [5, 5.41) is 23.2. The zero-order chi connectivity index (χ0) is 12.8. The fourth-order valence-electron chi connectivity index (χ4n) is 1.14. The van der Waals surface area contributed by atoms with Crippen molar-refractivity contribution >= 4 is 34.3 Å². The third-order valence-corrected chi connectivity index (χ3v) is 2.67. The van der Waals surface area contributed by atoms with E-state index in [1.54, 1.807) is 12.1 Å². The molecule has 0 unspecified atom stereocenters. The van der Waals surface area contributed by atoms with Crippen molar-refractivity contribution in [2.45, 2.75) is 6.42 Å². The Morgan fingerprint density at radius 1 is 1.53 bits per heavy atom. The molecule has 0 saturated heterocycles. The SMILES string of the molecule is N/C(CCNC(=O)c1cc(I)ccc1O)=N/O. The van der Waals surface area contributed by atoms with E-state index in [-0.39, 0.29) is 30.1 Å². The Bertz CT molecular complexity index is 448. The first kappa shape index (κ1) is 13.6. The van der Waals surface area contributed by atoms with Crippen molar-refractivity contribution in [2.24, 2.45) is 10.9 Å². The van der Waals surface area contributed by atoms with Crippen LogP contribution >= 0.6 is 22.6 Å². The highest BCUT2D eigenvalue weighted by Crippen LogP contribution is 2.19. The van der Waals surface area contributed by atoms with Gasteiger partial charge in [0.15, 0.2) is 0 Å². The molecule has 92 valence electrons. The van der Waals surface area contributed by atoms with Crippen LogP contribution in [-0.4, -0.2) is 28.6 Å². The third kappa shape index (κ3) is 4.10. The molecule has 0 radical (unpaired) electrons. The van der Waals surface area contributed by atoms with Gasteiger partial charge in [-0.25, -0.2) is 0 Å². The lowest BCUT2D eigenvalue weighted by Crippen LogP contribution is -2.28. The van der Waals surface area contributed by atoms with E-state index in [1.165, 1.54) is 6.07 Å². The number of hydrogen-bond donors (Lipinski definition) is 4. The van der Waals surface area contributed by atoms with Gasteiger partial charge in [0.1, 0.15) is 11.6 Å². The first-order chi connectivity index (χ1) is 8.04. The van der Waals surface area contributed by atoms with Crippen LogP contribution in [0.1, 0.15) is 16.8 Å². The van der Waals surface area contributed by atoms with E-state index in [9.17, 15) is 9.90 Å². The second kappa shape index (κ2) is 6.28. The number of aromatic hydroxyl groups is 1.